The van der Waals surface area contributed by atoms with Gasteiger partial charge >= 0.3 is 0 Å². The van der Waals surface area contributed by atoms with E-state index in [4.69, 9.17) is 9.84 Å². The van der Waals surface area contributed by atoms with Crippen molar-refractivity contribution in [3.05, 3.63) is 29.1 Å². The average molecular weight is 198 g/mol. The van der Waals surface area contributed by atoms with Crippen molar-refractivity contribution in [3.8, 4) is 5.75 Å². The zero-order valence-corrected chi connectivity index (χ0v) is 8.67. The first-order chi connectivity index (χ1) is 6.61. The van der Waals surface area contributed by atoms with Gasteiger partial charge in [0.2, 0.25) is 0 Å². The largest absolute Gasteiger partial charge is 0.493 e. The maximum atomic E-state index is 13.3. The molecule has 0 fully saturated rings. The first kappa shape index (κ1) is 11.0. The molecule has 0 aliphatic carbocycles. The van der Waals surface area contributed by atoms with Crippen molar-refractivity contribution in [3.63, 3.8) is 0 Å². The number of halogens is 1. The van der Waals surface area contributed by atoms with Crippen LogP contribution in [-0.2, 0) is 0 Å². The third-order valence-corrected chi connectivity index (χ3v) is 2.34. The van der Waals surface area contributed by atoms with Crippen LogP contribution in [0.15, 0.2) is 12.1 Å². The molecule has 0 aromatic heterocycles. The Morgan fingerprint density at radius 2 is 2.14 bits per heavy atom. The number of ether oxygens (including phenoxy) is 1. The summed E-state index contributed by atoms with van der Waals surface area (Å²) in [6.07, 6.45) is 0. The van der Waals surface area contributed by atoms with E-state index in [2.05, 4.69) is 0 Å². The third kappa shape index (κ3) is 1.87. The van der Waals surface area contributed by atoms with E-state index < -0.39 is 0 Å². The Labute approximate surface area is 83.3 Å². The van der Waals surface area contributed by atoms with Crippen molar-refractivity contribution in [1.29, 1.82) is 0 Å². The van der Waals surface area contributed by atoms with E-state index in [0.29, 0.717) is 0 Å². The van der Waals surface area contributed by atoms with Gasteiger partial charge in [0, 0.05) is 18.1 Å². The van der Waals surface area contributed by atoms with E-state index in [-0.39, 0.29) is 24.1 Å². The van der Waals surface area contributed by atoms with E-state index in [1.165, 1.54) is 13.2 Å². The Hall–Kier alpha value is -1.09. The third-order valence-electron chi connectivity index (χ3n) is 2.34. The zero-order chi connectivity index (χ0) is 10.7. The lowest BCUT2D eigenvalue weighted by Crippen LogP contribution is -2.05. The second kappa shape index (κ2) is 4.42. The Morgan fingerprint density at radius 3 is 2.64 bits per heavy atom. The summed E-state index contributed by atoms with van der Waals surface area (Å²) in [4.78, 5) is 0. The fourth-order valence-corrected chi connectivity index (χ4v) is 1.58. The molecule has 1 N–H and O–H groups in total. The van der Waals surface area contributed by atoms with Gasteiger partial charge in [-0.25, -0.2) is 4.39 Å². The van der Waals surface area contributed by atoms with Gasteiger partial charge < -0.3 is 9.84 Å². The predicted molar refractivity (Wildman–Crippen MR) is 53.2 cm³/mol. The molecule has 1 unspecified atom stereocenters. The Balaban J connectivity index is 3.29. The number of aryl methyl sites for hydroxylation is 1. The fraction of sp³-hybridized carbons (Fsp3) is 0.455. The normalized spacial score (nSPS) is 12.6. The van der Waals surface area contributed by atoms with Crippen LogP contribution in [0.1, 0.15) is 24.0 Å². The van der Waals surface area contributed by atoms with Crippen molar-refractivity contribution in [2.24, 2.45) is 0 Å². The Kier molecular flexibility index (Phi) is 3.47. The van der Waals surface area contributed by atoms with Crippen molar-refractivity contribution < 1.29 is 14.2 Å². The van der Waals surface area contributed by atoms with Crippen LogP contribution in [0.25, 0.3) is 0 Å². The fourth-order valence-electron chi connectivity index (χ4n) is 1.58. The van der Waals surface area contributed by atoms with Gasteiger partial charge in [-0.05, 0) is 18.6 Å². The lowest BCUT2D eigenvalue weighted by Gasteiger charge is -2.16. The predicted octanol–water partition coefficient (Wildman–Crippen LogP) is 2.24. The molecule has 0 aliphatic rings. The van der Waals surface area contributed by atoms with Gasteiger partial charge in [0.1, 0.15) is 0 Å². The number of benzene rings is 1. The second-order valence-electron chi connectivity index (χ2n) is 3.39. The standard InChI is InChI=1S/C11H15FO2/c1-7-4-5-9(12)11(14-3)10(7)8(2)6-13/h4-5,8,13H,6H2,1-3H3. The van der Waals surface area contributed by atoms with Crippen molar-refractivity contribution in [2.75, 3.05) is 13.7 Å². The summed E-state index contributed by atoms with van der Waals surface area (Å²) in [5.41, 5.74) is 1.68. The number of methoxy groups -OCH3 is 1. The van der Waals surface area contributed by atoms with Crippen LogP contribution in [0, 0.1) is 12.7 Å². The Morgan fingerprint density at radius 1 is 1.50 bits per heavy atom. The van der Waals surface area contributed by atoms with Crippen LogP contribution in [0.5, 0.6) is 5.75 Å². The maximum Gasteiger partial charge on any atom is 0.165 e. The van der Waals surface area contributed by atoms with Crippen molar-refractivity contribution in [1.82, 2.24) is 0 Å². The molecular weight excluding hydrogens is 183 g/mol. The second-order valence-corrected chi connectivity index (χ2v) is 3.39. The molecule has 0 saturated heterocycles. The Bertz CT molecular complexity index is 323. The van der Waals surface area contributed by atoms with E-state index in [1.807, 2.05) is 13.8 Å². The molecule has 0 amide bonds. The van der Waals surface area contributed by atoms with Gasteiger partial charge in [-0.1, -0.05) is 13.0 Å². The number of hydrogen-bond donors (Lipinski definition) is 1. The molecule has 14 heavy (non-hydrogen) atoms. The molecule has 0 spiro atoms. The number of rotatable bonds is 3. The molecule has 1 aromatic carbocycles. The molecule has 1 rings (SSSR count). The number of aliphatic hydroxyl groups excluding tert-OH is 1. The summed E-state index contributed by atoms with van der Waals surface area (Å²) in [6.45, 7) is 3.70. The molecule has 0 bridgehead atoms. The van der Waals surface area contributed by atoms with E-state index in [1.54, 1.807) is 6.07 Å². The van der Waals surface area contributed by atoms with Crippen LogP contribution in [0.4, 0.5) is 4.39 Å². The highest BCUT2D eigenvalue weighted by molar-refractivity contribution is 5.43. The number of aliphatic hydroxyl groups is 1. The molecule has 78 valence electrons. The average Bonchev–Trinajstić information content (AvgIpc) is 2.19. The van der Waals surface area contributed by atoms with E-state index >= 15 is 0 Å². The maximum absolute atomic E-state index is 13.3. The van der Waals surface area contributed by atoms with Crippen LogP contribution in [-0.4, -0.2) is 18.8 Å². The van der Waals surface area contributed by atoms with Crippen LogP contribution in [0.2, 0.25) is 0 Å². The highest BCUT2D eigenvalue weighted by Gasteiger charge is 2.16. The van der Waals surface area contributed by atoms with E-state index in [0.717, 1.165) is 11.1 Å². The quantitative estimate of drug-likeness (QED) is 0.807. The van der Waals surface area contributed by atoms with Crippen LogP contribution in [0.3, 0.4) is 0 Å². The molecule has 1 atom stereocenters. The van der Waals surface area contributed by atoms with Gasteiger partial charge in [0.15, 0.2) is 11.6 Å². The summed E-state index contributed by atoms with van der Waals surface area (Å²) in [7, 11) is 1.44. The highest BCUT2D eigenvalue weighted by atomic mass is 19.1. The summed E-state index contributed by atoms with van der Waals surface area (Å²) in [5, 5.41) is 9.05. The van der Waals surface area contributed by atoms with Gasteiger partial charge in [-0.15, -0.1) is 0 Å². The van der Waals surface area contributed by atoms with Gasteiger partial charge in [-0.3, -0.25) is 0 Å². The van der Waals surface area contributed by atoms with Gasteiger partial charge in [0.25, 0.3) is 0 Å². The minimum Gasteiger partial charge on any atom is -0.493 e. The molecule has 1 aromatic rings. The molecular formula is C11H15FO2. The summed E-state index contributed by atoms with van der Waals surface area (Å²) in [6, 6.07) is 3.07. The zero-order valence-electron chi connectivity index (χ0n) is 8.67. The summed E-state index contributed by atoms with van der Waals surface area (Å²) < 4.78 is 18.3. The lowest BCUT2D eigenvalue weighted by atomic mass is 9.96. The van der Waals surface area contributed by atoms with Crippen LogP contribution < -0.4 is 4.74 Å². The molecule has 0 saturated carbocycles. The van der Waals surface area contributed by atoms with Crippen LogP contribution >= 0.6 is 0 Å². The van der Waals surface area contributed by atoms with Crippen molar-refractivity contribution >= 4 is 0 Å². The number of hydrogen-bond acceptors (Lipinski definition) is 2. The monoisotopic (exact) mass is 198 g/mol. The molecule has 0 aliphatic heterocycles. The highest BCUT2D eigenvalue weighted by Crippen LogP contribution is 2.31. The van der Waals surface area contributed by atoms with Crippen molar-refractivity contribution in [2.45, 2.75) is 19.8 Å². The smallest absolute Gasteiger partial charge is 0.165 e. The topological polar surface area (TPSA) is 29.5 Å². The molecule has 2 nitrogen and oxygen atoms in total. The molecule has 0 radical (unpaired) electrons. The summed E-state index contributed by atoms with van der Waals surface area (Å²) in [5.74, 6) is -0.249. The first-order valence-corrected chi connectivity index (χ1v) is 4.55. The minimum absolute atomic E-state index is 0.0132. The summed E-state index contributed by atoms with van der Waals surface area (Å²) >= 11 is 0. The van der Waals surface area contributed by atoms with Gasteiger partial charge in [0.05, 0.1) is 7.11 Å². The SMILES string of the molecule is COc1c(F)ccc(C)c1C(C)CO. The lowest BCUT2D eigenvalue weighted by molar-refractivity contribution is 0.268. The minimum atomic E-state index is -0.381. The molecule has 0 heterocycles. The molecule has 3 heteroatoms. The van der Waals surface area contributed by atoms with Gasteiger partial charge in [-0.2, -0.15) is 0 Å². The van der Waals surface area contributed by atoms with E-state index in [9.17, 15) is 4.39 Å². The first-order valence-electron chi connectivity index (χ1n) is 4.55.